The lowest BCUT2D eigenvalue weighted by Crippen LogP contribution is -2.49. The highest BCUT2D eigenvalue weighted by Gasteiger charge is 2.34. The Kier molecular flexibility index (Phi) is 7.73. The molecule has 0 unspecified atom stereocenters. The van der Waals surface area contributed by atoms with Crippen LogP contribution >= 0.6 is 24.0 Å². The lowest BCUT2D eigenvalue weighted by atomic mass is 9.67. The maximum absolute atomic E-state index is 12.5. The van der Waals surface area contributed by atoms with E-state index in [2.05, 4.69) is 40.7 Å². The molecule has 1 aromatic carbocycles. The zero-order valence-electron chi connectivity index (χ0n) is 15.9. The Balaban J connectivity index is 0.00000243. The van der Waals surface area contributed by atoms with E-state index in [1.165, 1.54) is 36.8 Å². The first-order valence-electron chi connectivity index (χ1n) is 9.45. The predicted octanol–water partition coefficient (Wildman–Crippen LogP) is 2.93. The first-order chi connectivity index (χ1) is 12.2. The molecule has 1 fully saturated rings. The molecule has 1 aliphatic carbocycles. The second-order valence-electron chi connectivity index (χ2n) is 7.32. The Morgan fingerprint density at radius 1 is 1.23 bits per heavy atom. The van der Waals surface area contributed by atoms with Gasteiger partial charge in [0.25, 0.3) is 0 Å². The third-order valence-electron chi connectivity index (χ3n) is 5.91. The van der Waals surface area contributed by atoms with Crippen molar-refractivity contribution in [3.63, 3.8) is 0 Å². The second kappa shape index (κ2) is 9.58. The van der Waals surface area contributed by atoms with Gasteiger partial charge in [-0.2, -0.15) is 0 Å². The van der Waals surface area contributed by atoms with Crippen molar-refractivity contribution < 1.29 is 4.79 Å². The fourth-order valence-electron chi connectivity index (χ4n) is 3.80. The van der Waals surface area contributed by atoms with Gasteiger partial charge in [-0.1, -0.05) is 37.6 Å². The van der Waals surface area contributed by atoms with Crippen LogP contribution in [0, 0.1) is 5.41 Å². The molecule has 5 nitrogen and oxygen atoms in total. The topological polar surface area (TPSA) is 56.7 Å². The highest BCUT2D eigenvalue weighted by atomic mass is 127. The molecule has 3 rings (SSSR count). The van der Waals surface area contributed by atoms with Crippen LogP contribution in [0.15, 0.2) is 29.3 Å². The molecule has 2 N–H and O–H groups in total. The first kappa shape index (κ1) is 21.0. The van der Waals surface area contributed by atoms with E-state index in [1.54, 1.807) is 7.05 Å². The van der Waals surface area contributed by atoms with Gasteiger partial charge in [-0.25, -0.2) is 0 Å². The molecule has 1 aliphatic heterocycles. The van der Waals surface area contributed by atoms with Crippen LogP contribution in [0.25, 0.3) is 0 Å². The molecule has 0 bridgehead atoms. The maximum Gasteiger partial charge on any atom is 0.242 e. The van der Waals surface area contributed by atoms with E-state index in [0.29, 0.717) is 18.5 Å². The molecule has 0 radical (unpaired) electrons. The summed E-state index contributed by atoms with van der Waals surface area (Å²) in [5.41, 5.74) is 3.06. The Morgan fingerprint density at radius 3 is 2.58 bits per heavy atom. The Bertz CT molecular complexity index is 637. The van der Waals surface area contributed by atoms with Crippen LogP contribution in [-0.4, -0.2) is 43.4 Å². The van der Waals surface area contributed by atoms with Crippen molar-refractivity contribution in [1.82, 2.24) is 15.5 Å². The lowest BCUT2D eigenvalue weighted by molar-refractivity contribution is -0.130. The average Bonchev–Trinajstić information content (AvgIpc) is 2.62. The van der Waals surface area contributed by atoms with Gasteiger partial charge in [-0.15, -0.1) is 24.0 Å². The van der Waals surface area contributed by atoms with Crippen molar-refractivity contribution in [3.8, 4) is 0 Å². The van der Waals surface area contributed by atoms with Gasteiger partial charge in [0, 0.05) is 26.7 Å². The number of nitrogens with one attached hydrogen (secondary N) is 2. The van der Waals surface area contributed by atoms with Gasteiger partial charge in [0.05, 0.1) is 6.54 Å². The Labute approximate surface area is 174 Å². The molecular formula is C20H31IN4O. The number of fused-ring (bicyclic) bond motifs is 1. The van der Waals surface area contributed by atoms with E-state index in [1.807, 2.05) is 11.0 Å². The van der Waals surface area contributed by atoms with Crippen LogP contribution in [0.2, 0.25) is 0 Å². The summed E-state index contributed by atoms with van der Waals surface area (Å²) in [6, 6.07) is 8.39. The quantitative estimate of drug-likeness (QED) is 0.396. The number of rotatable bonds is 5. The lowest BCUT2D eigenvalue weighted by Gasteiger charge is -2.41. The second-order valence-corrected chi connectivity index (χ2v) is 7.32. The molecular weight excluding hydrogens is 439 g/mol. The molecule has 6 heteroatoms. The number of carbonyl (C=O) groups excluding carboxylic acids is 1. The highest BCUT2D eigenvalue weighted by molar-refractivity contribution is 14.0. The third-order valence-corrected chi connectivity index (χ3v) is 5.91. The summed E-state index contributed by atoms with van der Waals surface area (Å²) in [4.78, 5) is 18.7. The van der Waals surface area contributed by atoms with Crippen molar-refractivity contribution >= 4 is 35.8 Å². The van der Waals surface area contributed by atoms with Gasteiger partial charge < -0.3 is 15.5 Å². The minimum atomic E-state index is 0. The predicted molar refractivity (Wildman–Crippen MR) is 117 cm³/mol. The Morgan fingerprint density at radius 2 is 1.96 bits per heavy atom. The number of hydrogen-bond acceptors (Lipinski definition) is 2. The highest BCUT2D eigenvalue weighted by Crippen LogP contribution is 2.42. The van der Waals surface area contributed by atoms with Gasteiger partial charge in [0.15, 0.2) is 5.96 Å². The number of carbonyl (C=O) groups is 1. The normalized spacial score (nSPS) is 18.2. The summed E-state index contributed by atoms with van der Waals surface area (Å²) in [5, 5.41) is 6.59. The molecule has 1 saturated carbocycles. The standard InChI is InChI=1S/C20H30N4O.HI/c1-3-20(10-6-11-20)15-23-19(21-2)22-13-18(25)24-12-9-16-7-4-5-8-17(16)14-24;/h4-5,7-8H,3,6,9-15H2,1-2H3,(H2,21,22,23);1H. The SMILES string of the molecule is CCC1(CNC(=NC)NCC(=O)N2CCc3ccccc3C2)CCC1.I. The van der Waals surface area contributed by atoms with E-state index in [0.717, 1.165) is 25.5 Å². The zero-order valence-corrected chi connectivity index (χ0v) is 18.2. The van der Waals surface area contributed by atoms with Crippen molar-refractivity contribution in [1.29, 1.82) is 0 Å². The van der Waals surface area contributed by atoms with Crippen molar-refractivity contribution in [2.45, 2.75) is 45.6 Å². The summed E-state index contributed by atoms with van der Waals surface area (Å²) >= 11 is 0. The molecule has 0 aromatic heterocycles. The summed E-state index contributed by atoms with van der Waals surface area (Å²) in [6.45, 7) is 4.99. The summed E-state index contributed by atoms with van der Waals surface area (Å²) < 4.78 is 0. The van der Waals surface area contributed by atoms with Crippen LogP contribution in [0.5, 0.6) is 0 Å². The third kappa shape index (κ3) is 4.90. The average molecular weight is 470 g/mol. The van der Waals surface area contributed by atoms with Gasteiger partial charge in [0.2, 0.25) is 5.91 Å². The first-order valence-corrected chi connectivity index (χ1v) is 9.45. The Hall–Kier alpha value is -1.31. The smallest absolute Gasteiger partial charge is 0.242 e. The minimum Gasteiger partial charge on any atom is -0.356 e. The molecule has 0 spiro atoms. The van der Waals surface area contributed by atoms with E-state index in [9.17, 15) is 4.79 Å². The van der Waals surface area contributed by atoms with Crippen molar-refractivity contribution in [2.75, 3.05) is 26.7 Å². The van der Waals surface area contributed by atoms with Crippen LogP contribution in [0.3, 0.4) is 0 Å². The number of halogens is 1. The molecule has 26 heavy (non-hydrogen) atoms. The maximum atomic E-state index is 12.5. The van der Waals surface area contributed by atoms with Gasteiger partial charge >= 0.3 is 0 Å². The number of guanidine groups is 1. The van der Waals surface area contributed by atoms with Crippen LogP contribution in [-0.2, 0) is 17.8 Å². The van der Waals surface area contributed by atoms with E-state index in [-0.39, 0.29) is 29.9 Å². The largest absolute Gasteiger partial charge is 0.356 e. The summed E-state index contributed by atoms with van der Waals surface area (Å²) in [5.74, 6) is 0.858. The van der Waals surface area contributed by atoms with Gasteiger partial charge in [-0.3, -0.25) is 9.79 Å². The fraction of sp³-hybridized carbons (Fsp3) is 0.600. The molecule has 1 amide bonds. The van der Waals surface area contributed by atoms with Gasteiger partial charge in [0.1, 0.15) is 0 Å². The molecule has 1 heterocycles. The molecule has 144 valence electrons. The molecule has 1 aromatic rings. The van der Waals surface area contributed by atoms with Crippen LogP contribution < -0.4 is 10.6 Å². The van der Waals surface area contributed by atoms with E-state index < -0.39 is 0 Å². The monoisotopic (exact) mass is 470 g/mol. The van der Waals surface area contributed by atoms with Crippen molar-refractivity contribution in [2.24, 2.45) is 10.4 Å². The number of aliphatic imine (C=N–C) groups is 1. The summed E-state index contributed by atoms with van der Waals surface area (Å²) in [6.07, 6.45) is 6.05. The van der Waals surface area contributed by atoms with E-state index >= 15 is 0 Å². The van der Waals surface area contributed by atoms with Crippen LogP contribution in [0.1, 0.15) is 43.7 Å². The molecule has 0 atom stereocenters. The fourth-order valence-corrected chi connectivity index (χ4v) is 3.80. The number of benzene rings is 1. The molecule has 0 saturated heterocycles. The zero-order chi connectivity index (χ0) is 17.7. The van der Waals surface area contributed by atoms with Crippen LogP contribution in [0.4, 0.5) is 0 Å². The number of hydrogen-bond donors (Lipinski definition) is 2. The van der Waals surface area contributed by atoms with E-state index in [4.69, 9.17) is 0 Å². The number of amides is 1. The number of nitrogens with zero attached hydrogens (tertiary/aromatic N) is 2. The summed E-state index contributed by atoms with van der Waals surface area (Å²) in [7, 11) is 1.76. The molecule has 2 aliphatic rings. The van der Waals surface area contributed by atoms with Crippen molar-refractivity contribution in [3.05, 3.63) is 35.4 Å². The minimum absolute atomic E-state index is 0. The van der Waals surface area contributed by atoms with Gasteiger partial charge in [-0.05, 0) is 42.2 Å².